The molecular weight excluding hydrogens is 356 g/mol. The molecule has 1 N–H and O–H groups in total. The van der Waals surface area contributed by atoms with Crippen molar-refractivity contribution in [2.45, 2.75) is 59.2 Å². The number of nitrogens with one attached hydrogen (secondary N) is 1. The van der Waals surface area contributed by atoms with Crippen molar-refractivity contribution >= 4 is 17.6 Å². The third-order valence-corrected chi connectivity index (χ3v) is 4.56. The Hall–Kier alpha value is -2.83. The number of amides is 2. The summed E-state index contributed by atoms with van der Waals surface area (Å²) in [4.78, 5) is 26.4. The maximum atomic E-state index is 12.6. The van der Waals surface area contributed by atoms with Gasteiger partial charge in [0.05, 0.1) is 11.8 Å². The zero-order chi connectivity index (χ0) is 20.1. The van der Waals surface area contributed by atoms with E-state index in [1.165, 1.54) is 0 Å². The van der Waals surface area contributed by atoms with Crippen molar-refractivity contribution in [3.8, 4) is 5.75 Å². The largest absolute Gasteiger partial charge is 0.491 e. The minimum absolute atomic E-state index is 0.0359. The van der Waals surface area contributed by atoms with Gasteiger partial charge in [0.1, 0.15) is 11.6 Å². The maximum absolute atomic E-state index is 12.6. The first-order chi connectivity index (χ1) is 13.4. The van der Waals surface area contributed by atoms with E-state index >= 15 is 0 Å². The van der Waals surface area contributed by atoms with Gasteiger partial charge in [0.25, 0.3) is 0 Å². The van der Waals surface area contributed by atoms with Crippen LogP contribution in [0.15, 0.2) is 30.3 Å². The highest BCUT2D eigenvalue weighted by Crippen LogP contribution is 2.22. The molecule has 7 nitrogen and oxygen atoms in total. The van der Waals surface area contributed by atoms with E-state index in [0.29, 0.717) is 13.1 Å². The maximum Gasteiger partial charge on any atom is 0.228 e. The molecule has 1 aliphatic heterocycles. The number of hydrogen-bond acceptors (Lipinski definition) is 4. The van der Waals surface area contributed by atoms with Crippen LogP contribution >= 0.6 is 0 Å². The average molecular weight is 384 g/mol. The summed E-state index contributed by atoms with van der Waals surface area (Å²) in [6.07, 6.45) is 1.38. The minimum atomic E-state index is -0.127. The van der Waals surface area contributed by atoms with Crippen molar-refractivity contribution in [2.75, 3.05) is 11.4 Å². The van der Waals surface area contributed by atoms with Crippen LogP contribution in [0.4, 0.5) is 5.82 Å². The highest BCUT2D eigenvalue weighted by Gasteiger charge is 2.24. The molecule has 0 atom stereocenters. The van der Waals surface area contributed by atoms with Crippen LogP contribution in [0.5, 0.6) is 5.75 Å². The summed E-state index contributed by atoms with van der Waals surface area (Å²) < 4.78 is 7.47. The quantitative estimate of drug-likeness (QED) is 0.796. The normalized spacial score (nSPS) is 13.4. The van der Waals surface area contributed by atoms with Gasteiger partial charge < -0.3 is 10.1 Å². The Bertz CT molecular complexity index is 827. The van der Waals surface area contributed by atoms with Gasteiger partial charge in [-0.15, -0.1) is 0 Å². The summed E-state index contributed by atoms with van der Waals surface area (Å²) in [6, 6.07) is 9.57. The molecule has 0 fully saturated rings. The number of aromatic nitrogens is 2. The summed E-state index contributed by atoms with van der Waals surface area (Å²) >= 11 is 0. The Balaban J connectivity index is 1.45. The molecule has 0 saturated heterocycles. The number of carbonyl (C=O) groups excluding carboxylic acids is 2. The fourth-order valence-corrected chi connectivity index (χ4v) is 3.26. The van der Waals surface area contributed by atoms with Gasteiger partial charge in [0.15, 0.2) is 0 Å². The minimum Gasteiger partial charge on any atom is -0.491 e. The molecule has 2 heterocycles. The molecule has 0 radical (unpaired) electrons. The summed E-state index contributed by atoms with van der Waals surface area (Å²) in [5.41, 5.74) is 1.89. The summed E-state index contributed by atoms with van der Waals surface area (Å²) in [5, 5.41) is 7.27. The van der Waals surface area contributed by atoms with E-state index in [4.69, 9.17) is 4.74 Å². The Morgan fingerprint density at radius 1 is 1.18 bits per heavy atom. The number of anilines is 1. The monoisotopic (exact) mass is 384 g/mol. The van der Waals surface area contributed by atoms with Crippen molar-refractivity contribution in [3.05, 3.63) is 41.6 Å². The zero-order valence-electron chi connectivity index (χ0n) is 16.8. The first-order valence-electron chi connectivity index (χ1n) is 9.79. The highest BCUT2D eigenvalue weighted by molar-refractivity contribution is 5.95. The van der Waals surface area contributed by atoms with E-state index in [1.54, 1.807) is 4.90 Å². The summed E-state index contributed by atoms with van der Waals surface area (Å²) in [6.45, 7) is 7.82. The standard InChI is InChI=1S/C21H28N4O3/c1-15(2)28-18-7-5-17(6-8-18)14-22-19(26)9-10-21(27)24-11-4-12-25-20(24)13-16(3)23-25/h5-8,13,15H,4,9-12,14H2,1-3H3,(H,22,26). The number of benzene rings is 1. The van der Waals surface area contributed by atoms with Crippen LogP contribution in [-0.2, 0) is 22.7 Å². The average Bonchev–Trinajstić information content (AvgIpc) is 3.05. The van der Waals surface area contributed by atoms with Crippen LogP contribution in [0.1, 0.15) is 44.4 Å². The lowest BCUT2D eigenvalue weighted by Crippen LogP contribution is -2.38. The lowest BCUT2D eigenvalue weighted by Gasteiger charge is -2.27. The summed E-state index contributed by atoms with van der Waals surface area (Å²) in [7, 11) is 0. The Labute approximate surface area is 165 Å². The van der Waals surface area contributed by atoms with Gasteiger partial charge in [0.2, 0.25) is 11.8 Å². The van der Waals surface area contributed by atoms with Crippen LogP contribution in [0, 0.1) is 6.92 Å². The molecule has 3 rings (SSSR count). The van der Waals surface area contributed by atoms with Gasteiger partial charge in [-0.2, -0.15) is 5.10 Å². The van der Waals surface area contributed by atoms with E-state index in [-0.39, 0.29) is 30.8 Å². The van der Waals surface area contributed by atoms with E-state index < -0.39 is 0 Å². The van der Waals surface area contributed by atoms with Crippen molar-refractivity contribution in [1.82, 2.24) is 15.1 Å². The number of fused-ring (bicyclic) bond motifs is 1. The molecule has 1 aliphatic rings. The smallest absolute Gasteiger partial charge is 0.228 e. The number of nitrogens with zero attached hydrogens (tertiary/aromatic N) is 3. The van der Waals surface area contributed by atoms with E-state index in [2.05, 4.69) is 10.4 Å². The predicted octanol–water partition coefficient (Wildman–Crippen LogP) is 2.81. The zero-order valence-corrected chi connectivity index (χ0v) is 16.8. The van der Waals surface area contributed by atoms with Crippen molar-refractivity contribution in [1.29, 1.82) is 0 Å². The Kier molecular flexibility index (Phi) is 6.34. The lowest BCUT2D eigenvalue weighted by atomic mass is 10.2. The second kappa shape index (κ2) is 8.91. The fraction of sp³-hybridized carbons (Fsp3) is 0.476. The van der Waals surface area contributed by atoms with Crippen LogP contribution in [0.3, 0.4) is 0 Å². The molecule has 7 heteroatoms. The molecule has 0 aliphatic carbocycles. The van der Waals surface area contributed by atoms with Crippen LogP contribution in [0.25, 0.3) is 0 Å². The first-order valence-corrected chi connectivity index (χ1v) is 9.79. The van der Waals surface area contributed by atoms with Crippen molar-refractivity contribution < 1.29 is 14.3 Å². The molecule has 1 aromatic carbocycles. The van der Waals surface area contributed by atoms with Crippen LogP contribution in [0.2, 0.25) is 0 Å². The predicted molar refractivity (Wildman–Crippen MR) is 107 cm³/mol. The van der Waals surface area contributed by atoms with Gasteiger partial charge in [-0.1, -0.05) is 12.1 Å². The summed E-state index contributed by atoms with van der Waals surface area (Å²) in [5.74, 6) is 1.48. The Morgan fingerprint density at radius 2 is 1.93 bits per heavy atom. The van der Waals surface area contributed by atoms with E-state index in [1.807, 2.05) is 55.8 Å². The van der Waals surface area contributed by atoms with Gasteiger partial charge in [-0.05, 0) is 44.9 Å². The molecule has 0 saturated carbocycles. The molecule has 150 valence electrons. The number of carbonyl (C=O) groups is 2. The van der Waals surface area contributed by atoms with Gasteiger partial charge in [-0.3, -0.25) is 14.5 Å². The Morgan fingerprint density at radius 3 is 2.64 bits per heavy atom. The van der Waals surface area contributed by atoms with Crippen molar-refractivity contribution in [2.24, 2.45) is 0 Å². The SMILES string of the molecule is Cc1cc2n(n1)CCCN2C(=O)CCC(=O)NCc1ccc(OC(C)C)cc1. The number of ether oxygens (including phenoxy) is 1. The topological polar surface area (TPSA) is 76.5 Å². The van der Waals surface area contributed by atoms with Crippen molar-refractivity contribution in [3.63, 3.8) is 0 Å². The van der Waals surface area contributed by atoms with Crippen LogP contribution < -0.4 is 15.0 Å². The second-order valence-electron chi connectivity index (χ2n) is 7.35. The molecule has 28 heavy (non-hydrogen) atoms. The number of rotatable bonds is 7. The van der Waals surface area contributed by atoms with E-state index in [9.17, 15) is 9.59 Å². The molecule has 0 unspecified atom stereocenters. The van der Waals surface area contributed by atoms with E-state index in [0.717, 1.165) is 35.8 Å². The van der Waals surface area contributed by atoms with Gasteiger partial charge >= 0.3 is 0 Å². The first kappa shape index (κ1) is 19.9. The molecular formula is C21H28N4O3. The third kappa shape index (κ3) is 5.12. The van der Waals surface area contributed by atoms with Gasteiger partial charge in [0, 0.05) is 38.5 Å². The third-order valence-electron chi connectivity index (χ3n) is 4.56. The highest BCUT2D eigenvalue weighted by atomic mass is 16.5. The van der Waals surface area contributed by atoms with Gasteiger partial charge in [-0.25, -0.2) is 4.68 Å². The fourth-order valence-electron chi connectivity index (χ4n) is 3.26. The second-order valence-corrected chi connectivity index (χ2v) is 7.35. The number of hydrogen-bond donors (Lipinski definition) is 1. The van der Waals surface area contributed by atoms with Crippen LogP contribution in [-0.4, -0.2) is 34.2 Å². The molecule has 2 aromatic rings. The molecule has 0 bridgehead atoms. The molecule has 2 amide bonds. The lowest BCUT2D eigenvalue weighted by molar-refractivity contribution is -0.125. The number of aryl methyl sites for hydroxylation is 2. The molecule has 0 spiro atoms. The molecule has 1 aromatic heterocycles.